The second-order valence-electron chi connectivity index (χ2n) is 5.20. The summed E-state index contributed by atoms with van der Waals surface area (Å²) in [5.74, 6) is 2.29. The van der Waals surface area contributed by atoms with Crippen LogP contribution in [0.2, 0.25) is 0 Å². The van der Waals surface area contributed by atoms with Gasteiger partial charge in [0.25, 0.3) is 0 Å². The highest BCUT2D eigenvalue weighted by Crippen LogP contribution is 2.21. The van der Waals surface area contributed by atoms with E-state index in [0.29, 0.717) is 5.92 Å². The number of hydrogen-bond acceptors (Lipinski definition) is 3. The number of rotatable bonds is 8. The molecule has 3 heteroatoms. The highest BCUT2D eigenvalue weighted by Gasteiger charge is 2.06. The molecule has 0 aliphatic carbocycles. The Labute approximate surface area is 139 Å². The van der Waals surface area contributed by atoms with Crippen LogP contribution in [0.25, 0.3) is 6.08 Å². The molecule has 0 bridgehead atoms. The van der Waals surface area contributed by atoms with E-state index >= 15 is 0 Å². The van der Waals surface area contributed by atoms with Crippen LogP contribution >= 0.6 is 0 Å². The minimum Gasteiger partial charge on any atom is -0.461 e. The van der Waals surface area contributed by atoms with Crippen molar-refractivity contribution in [1.29, 1.82) is 0 Å². The standard InChI is InChI=1S/C20H26N2O/c1-6-9-11-18(8-3)17(5)22-21-15-10-12-19-13-14-20(23-19)16(4)7-2/h6,8-16H,1,7H2,2-5H3/b11-9-,12-10+,18-8+,21-15-,22-17-. The predicted molar refractivity (Wildman–Crippen MR) is 101 cm³/mol. The van der Waals surface area contributed by atoms with Gasteiger partial charge >= 0.3 is 0 Å². The summed E-state index contributed by atoms with van der Waals surface area (Å²) in [6.07, 6.45) is 14.0. The van der Waals surface area contributed by atoms with Gasteiger partial charge in [0.1, 0.15) is 11.5 Å². The zero-order chi connectivity index (χ0) is 17.1. The SMILES string of the molecule is C=C\C=C/C(=C\C)C(/C)=N\N=C/C=C/c1ccc(C(C)CC)o1. The molecule has 1 rings (SSSR count). The first-order valence-corrected chi connectivity index (χ1v) is 7.92. The van der Waals surface area contributed by atoms with Gasteiger partial charge in [0.15, 0.2) is 0 Å². The minimum absolute atomic E-state index is 0.445. The van der Waals surface area contributed by atoms with Crippen molar-refractivity contribution in [3.8, 4) is 0 Å². The summed E-state index contributed by atoms with van der Waals surface area (Å²) in [5.41, 5.74) is 1.88. The van der Waals surface area contributed by atoms with Crippen LogP contribution in [0.4, 0.5) is 0 Å². The summed E-state index contributed by atoms with van der Waals surface area (Å²) in [4.78, 5) is 0. The smallest absolute Gasteiger partial charge is 0.127 e. The van der Waals surface area contributed by atoms with E-state index in [4.69, 9.17) is 4.42 Å². The number of nitrogens with zero attached hydrogens (tertiary/aromatic N) is 2. The third-order valence-corrected chi connectivity index (χ3v) is 3.51. The summed E-state index contributed by atoms with van der Waals surface area (Å²) in [5, 5.41) is 8.23. The summed E-state index contributed by atoms with van der Waals surface area (Å²) in [6, 6.07) is 4.00. The molecule has 3 nitrogen and oxygen atoms in total. The summed E-state index contributed by atoms with van der Waals surface area (Å²) in [6.45, 7) is 11.9. The van der Waals surface area contributed by atoms with Crippen LogP contribution < -0.4 is 0 Å². The topological polar surface area (TPSA) is 37.9 Å². The maximum Gasteiger partial charge on any atom is 0.127 e. The molecule has 0 radical (unpaired) electrons. The Hall–Kier alpha value is -2.42. The average Bonchev–Trinajstić information content (AvgIpc) is 3.03. The van der Waals surface area contributed by atoms with Gasteiger partial charge < -0.3 is 4.42 Å². The lowest BCUT2D eigenvalue weighted by Gasteiger charge is -2.02. The van der Waals surface area contributed by atoms with E-state index in [1.54, 1.807) is 12.3 Å². The normalized spacial score (nSPS) is 15.1. The van der Waals surface area contributed by atoms with E-state index in [9.17, 15) is 0 Å². The molecule has 1 heterocycles. The van der Waals surface area contributed by atoms with Crippen LogP contribution in [0.15, 0.2) is 69.3 Å². The Morgan fingerprint density at radius 3 is 2.78 bits per heavy atom. The van der Waals surface area contributed by atoms with Crippen LogP contribution in [0, 0.1) is 0 Å². The van der Waals surface area contributed by atoms with Gasteiger partial charge in [-0.1, -0.05) is 44.7 Å². The summed E-state index contributed by atoms with van der Waals surface area (Å²) in [7, 11) is 0. The van der Waals surface area contributed by atoms with E-state index < -0.39 is 0 Å². The third kappa shape index (κ3) is 6.47. The highest BCUT2D eigenvalue weighted by atomic mass is 16.3. The molecule has 1 atom stereocenters. The van der Waals surface area contributed by atoms with E-state index in [-0.39, 0.29) is 0 Å². The van der Waals surface area contributed by atoms with E-state index in [1.807, 2.05) is 56.4 Å². The molecule has 0 saturated heterocycles. The first kappa shape index (κ1) is 18.6. The summed E-state index contributed by atoms with van der Waals surface area (Å²) >= 11 is 0. The molecule has 1 aromatic heterocycles. The zero-order valence-corrected chi connectivity index (χ0v) is 14.5. The molecular weight excluding hydrogens is 284 g/mol. The molecule has 0 N–H and O–H groups in total. The molecule has 122 valence electrons. The van der Waals surface area contributed by atoms with E-state index in [1.165, 1.54) is 0 Å². The molecule has 0 spiro atoms. The Morgan fingerprint density at radius 2 is 2.13 bits per heavy atom. The van der Waals surface area contributed by atoms with Crippen LogP contribution in [0.1, 0.15) is 51.6 Å². The number of furan rings is 1. The first-order valence-electron chi connectivity index (χ1n) is 7.92. The first-order chi connectivity index (χ1) is 11.1. The van der Waals surface area contributed by atoms with Crippen molar-refractivity contribution in [2.45, 2.75) is 40.0 Å². The minimum atomic E-state index is 0.445. The monoisotopic (exact) mass is 310 g/mol. The Morgan fingerprint density at radius 1 is 1.35 bits per heavy atom. The maximum absolute atomic E-state index is 5.75. The molecule has 0 saturated carbocycles. The van der Waals surface area contributed by atoms with Crippen molar-refractivity contribution in [3.63, 3.8) is 0 Å². The van der Waals surface area contributed by atoms with Gasteiger partial charge in [0.2, 0.25) is 0 Å². The van der Waals surface area contributed by atoms with Gasteiger partial charge in [-0.05, 0) is 50.1 Å². The van der Waals surface area contributed by atoms with Crippen molar-refractivity contribution in [2.24, 2.45) is 10.2 Å². The zero-order valence-electron chi connectivity index (χ0n) is 14.5. The van der Waals surface area contributed by atoms with Gasteiger partial charge in [-0.15, -0.1) is 0 Å². The third-order valence-electron chi connectivity index (χ3n) is 3.51. The van der Waals surface area contributed by atoms with Crippen molar-refractivity contribution in [2.75, 3.05) is 0 Å². The Kier molecular flexibility index (Phi) is 8.37. The lowest BCUT2D eigenvalue weighted by Crippen LogP contribution is -1.93. The second kappa shape index (κ2) is 10.3. The largest absolute Gasteiger partial charge is 0.461 e. The van der Waals surface area contributed by atoms with Crippen molar-refractivity contribution in [3.05, 3.63) is 66.2 Å². The molecular formula is C20H26N2O. The van der Waals surface area contributed by atoms with Gasteiger partial charge in [0, 0.05) is 12.1 Å². The average molecular weight is 310 g/mol. The molecule has 23 heavy (non-hydrogen) atoms. The van der Waals surface area contributed by atoms with E-state index in [2.05, 4.69) is 30.6 Å². The van der Waals surface area contributed by atoms with Crippen LogP contribution in [-0.2, 0) is 0 Å². The van der Waals surface area contributed by atoms with Crippen LogP contribution in [0.5, 0.6) is 0 Å². The predicted octanol–water partition coefficient (Wildman–Crippen LogP) is 5.94. The summed E-state index contributed by atoms with van der Waals surface area (Å²) < 4.78 is 5.75. The van der Waals surface area contributed by atoms with Gasteiger partial charge in [-0.2, -0.15) is 10.2 Å². The Bertz CT molecular complexity index is 642. The lowest BCUT2D eigenvalue weighted by molar-refractivity contribution is 0.463. The molecule has 0 aliphatic rings. The van der Waals surface area contributed by atoms with Crippen LogP contribution in [0.3, 0.4) is 0 Å². The lowest BCUT2D eigenvalue weighted by atomic mass is 10.1. The van der Waals surface area contributed by atoms with Crippen molar-refractivity contribution >= 4 is 18.0 Å². The van der Waals surface area contributed by atoms with E-state index in [0.717, 1.165) is 29.2 Å². The molecule has 1 unspecified atom stereocenters. The quantitative estimate of drug-likeness (QED) is 0.332. The number of hydrogen-bond donors (Lipinski definition) is 0. The molecule has 0 aliphatic heterocycles. The van der Waals surface area contributed by atoms with Crippen molar-refractivity contribution in [1.82, 2.24) is 0 Å². The van der Waals surface area contributed by atoms with Gasteiger partial charge in [0.05, 0.1) is 5.71 Å². The maximum atomic E-state index is 5.75. The molecule has 0 aromatic carbocycles. The fourth-order valence-electron chi connectivity index (χ4n) is 1.88. The van der Waals surface area contributed by atoms with Gasteiger partial charge in [-0.3, -0.25) is 0 Å². The molecule has 0 fully saturated rings. The fraction of sp³-hybridized carbons (Fsp3) is 0.300. The van der Waals surface area contributed by atoms with Gasteiger partial charge in [-0.25, -0.2) is 0 Å². The fourth-order valence-corrected chi connectivity index (χ4v) is 1.88. The molecule has 1 aromatic rings. The number of allylic oxidation sites excluding steroid dienone is 6. The Balaban J connectivity index is 2.64. The second-order valence-corrected chi connectivity index (χ2v) is 5.20. The highest BCUT2D eigenvalue weighted by molar-refractivity contribution is 6.00. The van der Waals surface area contributed by atoms with Crippen LogP contribution in [-0.4, -0.2) is 11.9 Å². The molecule has 0 amide bonds. The van der Waals surface area contributed by atoms with Crippen molar-refractivity contribution < 1.29 is 4.42 Å².